The van der Waals surface area contributed by atoms with Gasteiger partial charge >= 0.3 is 0 Å². The fraction of sp³-hybridized carbons (Fsp3) is 0.533. The summed E-state index contributed by atoms with van der Waals surface area (Å²) in [5.41, 5.74) is 0.729. The Hall–Kier alpha value is -1.31. The van der Waals surface area contributed by atoms with Crippen molar-refractivity contribution >= 4 is 17.2 Å². The summed E-state index contributed by atoms with van der Waals surface area (Å²) in [5.74, 6) is 5.94. The van der Waals surface area contributed by atoms with Gasteiger partial charge in [-0.15, -0.1) is 11.3 Å². The topological polar surface area (TPSA) is 40.5 Å². The van der Waals surface area contributed by atoms with E-state index < -0.39 is 0 Å². The molecule has 3 nitrogen and oxygen atoms in total. The maximum absolute atomic E-state index is 12.3. The highest BCUT2D eigenvalue weighted by molar-refractivity contribution is 7.10. The van der Waals surface area contributed by atoms with E-state index in [0.29, 0.717) is 12.5 Å². The Kier molecular flexibility index (Phi) is 5.00. The van der Waals surface area contributed by atoms with Crippen molar-refractivity contribution in [1.29, 1.82) is 0 Å². The van der Waals surface area contributed by atoms with Crippen molar-refractivity contribution < 1.29 is 9.90 Å². The molecule has 2 rings (SSSR count). The largest absolute Gasteiger partial charge is 0.395 e. The third kappa shape index (κ3) is 3.59. The van der Waals surface area contributed by atoms with Crippen LogP contribution in [0.3, 0.4) is 0 Å². The van der Waals surface area contributed by atoms with E-state index >= 15 is 0 Å². The Labute approximate surface area is 118 Å². The van der Waals surface area contributed by atoms with Gasteiger partial charge in [0.2, 0.25) is 0 Å². The Morgan fingerprint density at radius 3 is 2.95 bits per heavy atom. The van der Waals surface area contributed by atoms with E-state index in [-0.39, 0.29) is 12.5 Å². The molecule has 1 aromatic heterocycles. The molecule has 1 heterocycles. The standard InChI is InChI=1S/C15H19NO2S/c1-16(13-6-2-3-7-13)15(18)12-10-14(19-11-12)8-4-5-9-17/h10-11,13,17H,2-3,5-7,9H2,1H3. The van der Waals surface area contributed by atoms with Crippen molar-refractivity contribution in [2.75, 3.05) is 13.7 Å². The minimum absolute atomic E-state index is 0.0780. The first-order valence-electron chi connectivity index (χ1n) is 6.68. The van der Waals surface area contributed by atoms with Crippen LogP contribution < -0.4 is 0 Å². The Bertz CT molecular complexity index is 492. The summed E-state index contributed by atoms with van der Waals surface area (Å²) in [6.45, 7) is 0.0780. The second-order valence-electron chi connectivity index (χ2n) is 4.83. The second kappa shape index (κ2) is 6.74. The number of carbonyl (C=O) groups is 1. The van der Waals surface area contributed by atoms with Crippen LogP contribution in [-0.2, 0) is 0 Å². The highest BCUT2D eigenvalue weighted by Gasteiger charge is 2.24. The normalized spacial score (nSPS) is 15.1. The fourth-order valence-electron chi connectivity index (χ4n) is 2.38. The number of rotatable bonds is 3. The van der Waals surface area contributed by atoms with Crippen LogP contribution in [0.2, 0.25) is 0 Å². The molecule has 0 aromatic carbocycles. The molecule has 1 fully saturated rings. The highest BCUT2D eigenvalue weighted by atomic mass is 32.1. The van der Waals surface area contributed by atoms with Crippen LogP contribution >= 0.6 is 11.3 Å². The highest BCUT2D eigenvalue weighted by Crippen LogP contribution is 2.24. The number of thiophene rings is 1. The SMILES string of the molecule is CN(C(=O)c1csc(C#CCCO)c1)C1CCCC1. The smallest absolute Gasteiger partial charge is 0.254 e. The van der Waals surface area contributed by atoms with Crippen molar-refractivity contribution in [2.45, 2.75) is 38.1 Å². The molecule has 1 aliphatic carbocycles. The van der Waals surface area contributed by atoms with Gasteiger partial charge in [-0.25, -0.2) is 0 Å². The maximum Gasteiger partial charge on any atom is 0.254 e. The zero-order valence-electron chi connectivity index (χ0n) is 11.2. The second-order valence-corrected chi connectivity index (χ2v) is 5.74. The summed E-state index contributed by atoms with van der Waals surface area (Å²) in [6.07, 6.45) is 5.17. The van der Waals surface area contributed by atoms with E-state index in [4.69, 9.17) is 5.11 Å². The summed E-state index contributed by atoms with van der Waals surface area (Å²) >= 11 is 1.49. The number of hydrogen-bond donors (Lipinski definition) is 1. The van der Waals surface area contributed by atoms with Crippen LogP contribution in [0.1, 0.15) is 47.3 Å². The molecule has 1 amide bonds. The number of nitrogens with zero attached hydrogens (tertiary/aromatic N) is 1. The van der Waals surface area contributed by atoms with Crippen LogP contribution in [-0.4, -0.2) is 35.6 Å². The predicted octanol–water partition coefficient (Wildman–Crippen LogP) is 2.50. The number of carbonyl (C=O) groups excluding carboxylic acids is 1. The molecule has 102 valence electrons. The molecular formula is C15H19NO2S. The molecule has 1 aliphatic rings. The van der Waals surface area contributed by atoms with Crippen molar-refractivity contribution in [3.63, 3.8) is 0 Å². The van der Waals surface area contributed by atoms with Gasteiger partial charge in [0.1, 0.15) is 0 Å². The molecule has 19 heavy (non-hydrogen) atoms. The molecular weight excluding hydrogens is 258 g/mol. The molecule has 0 radical (unpaired) electrons. The first-order chi connectivity index (χ1) is 9.22. The van der Waals surface area contributed by atoms with E-state index in [0.717, 1.165) is 23.3 Å². The fourth-order valence-corrected chi connectivity index (χ4v) is 3.13. The average Bonchev–Trinajstić information content (AvgIpc) is 3.08. The predicted molar refractivity (Wildman–Crippen MR) is 77.2 cm³/mol. The first-order valence-corrected chi connectivity index (χ1v) is 7.55. The summed E-state index contributed by atoms with van der Waals surface area (Å²) in [7, 11) is 1.90. The van der Waals surface area contributed by atoms with E-state index in [1.807, 2.05) is 23.4 Å². The third-order valence-corrected chi connectivity index (χ3v) is 4.33. The lowest BCUT2D eigenvalue weighted by atomic mass is 10.2. The van der Waals surface area contributed by atoms with Crippen LogP contribution in [0.5, 0.6) is 0 Å². The number of hydrogen-bond acceptors (Lipinski definition) is 3. The average molecular weight is 277 g/mol. The van der Waals surface area contributed by atoms with Gasteiger partial charge in [0.05, 0.1) is 17.0 Å². The van der Waals surface area contributed by atoms with Crippen molar-refractivity contribution in [1.82, 2.24) is 4.90 Å². The van der Waals surface area contributed by atoms with Gasteiger partial charge in [0.25, 0.3) is 5.91 Å². The van der Waals surface area contributed by atoms with Crippen molar-refractivity contribution in [2.24, 2.45) is 0 Å². The Morgan fingerprint density at radius 1 is 1.53 bits per heavy atom. The van der Waals surface area contributed by atoms with Crippen molar-refractivity contribution in [3.05, 3.63) is 21.9 Å². The summed E-state index contributed by atoms with van der Waals surface area (Å²) in [4.78, 5) is 15.1. The van der Waals surface area contributed by atoms with E-state index in [1.165, 1.54) is 24.2 Å². The van der Waals surface area contributed by atoms with Gasteiger partial charge in [-0.3, -0.25) is 4.79 Å². The van der Waals surface area contributed by atoms with Gasteiger partial charge < -0.3 is 10.0 Å². The van der Waals surface area contributed by atoms with Crippen LogP contribution in [0.25, 0.3) is 0 Å². The third-order valence-electron chi connectivity index (χ3n) is 3.49. The van der Waals surface area contributed by atoms with Crippen molar-refractivity contribution in [3.8, 4) is 11.8 Å². The molecule has 4 heteroatoms. The van der Waals surface area contributed by atoms with Gasteiger partial charge in [0.15, 0.2) is 0 Å². The quantitative estimate of drug-likeness (QED) is 0.862. The molecule has 1 N–H and O–H groups in total. The monoisotopic (exact) mass is 277 g/mol. The van der Waals surface area contributed by atoms with Gasteiger partial charge in [-0.2, -0.15) is 0 Å². The number of aliphatic hydroxyl groups excluding tert-OH is 1. The van der Waals surface area contributed by atoms with Crippen LogP contribution in [0.4, 0.5) is 0 Å². The molecule has 1 saturated carbocycles. The maximum atomic E-state index is 12.3. The van der Waals surface area contributed by atoms with Gasteiger partial charge in [-0.1, -0.05) is 24.7 Å². The summed E-state index contributed by atoms with van der Waals surface area (Å²) in [6, 6.07) is 2.25. The molecule has 0 spiro atoms. The van der Waals surface area contributed by atoms with E-state index in [9.17, 15) is 4.79 Å². The number of amides is 1. The minimum atomic E-state index is 0.0780. The lowest BCUT2D eigenvalue weighted by molar-refractivity contribution is 0.0735. The van der Waals surface area contributed by atoms with Gasteiger partial charge in [0, 0.05) is 24.9 Å². The molecule has 0 aliphatic heterocycles. The summed E-state index contributed by atoms with van der Waals surface area (Å²) in [5, 5.41) is 10.5. The molecule has 0 saturated heterocycles. The zero-order valence-corrected chi connectivity index (χ0v) is 12.0. The Balaban J connectivity index is 2.01. The van der Waals surface area contributed by atoms with Crippen LogP contribution in [0.15, 0.2) is 11.4 Å². The molecule has 0 atom stereocenters. The van der Waals surface area contributed by atoms with Crippen LogP contribution in [0, 0.1) is 11.8 Å². The molecule has 1 aromatic rings. The molecule has 0 bridgehead atoms. The lowest BCUT2D eigenvalue weighted by Gasteiger charge is -2.23. The van der Waals surface area contributed by atoms with Gasteiger partial charge in [-0.05, 0) is 18.9 Å². The number of aliphatic hydroxyl groups is 1. The first kappa shape index (κ1) is 14.1. The lowest BCUT2D eigenvalue weighted by Crippen LogP contribution is -2.34. The van der Waals surface area contributed by atoms with E-state index in [2.05, 4.69) is 11.8 Å². The zero-order chi connectivity index (χ0) is 13.7. The summed E-state index contributed by atoms with van der Waals surface area (Å²) < 4.78 is 0. The molecule has 0 unspecified atom stereocenters. The minimum Gasteiger partial charge on any atom is -0.395 e. The van der Waals surface area contributed by atoms with E-state index in [1.54, 1.807) is 0 Å². The Morgan fingerprint density at radius 2 is 2.26 bits per heavy atom.